The number of cyclic esters (lactones) is 1. The third-order valence-corrected chi connectivity index (χ3v) is 3.86. The molecule has 3 nitrogen and oxygen atoms in total. The maximum Gasteiger partial charge on any atom is 0.345 e. The molecular formula is C12H12BrNO2S. The molecule has 1 aromatic carbocycles. The van der Waals surface area contributed by atoms with Gasteiger partial charge in [-0.3, -0.25) is 0 Å². The molecule has 1 aliphatic rings. The van der Waals surface area contributed by atoms with Crippen molar-refractivity contribution in [1.82, 2.24) is 0 Å². The number of ether oxygens (including phenoxy) is 1. The summed E-state index contributed by atoms with van der Waals surface area (Å²) in [5.41, 5.74) is 1.35. The Balaban J connectivity index is 2.39. The summed E-state index contributed by atoms with van der Waals surface area (Å²) in [7, 11) is 0. The van der Waals surface area contributed by atoms with E-state index in [0.29, 0.717) is 11.5 Å². The van der Waals surface area contributed by atoms with Gasteiger partial charge in [-0.15, -0.1) is 0 Å². The second kappa shape index (κ2) is 5.23. The summed E-state index contributed by atoms with van der Waals surface area (Å²) in [4.78, 5) is 16.1. The lowest BCUT2D eigenvalue weighted by atomic mass is 10.1. The first kappa shape index (κ1) is 12.6. The van der Waals surface area contributed by atoms with Gasteiger partial charge in [-0.1, -0.05) is 6.07 Å². The molecule has 0 amide bonds. The first-order valence-electron chi connectivity index (χ1n) is 5.21. The van der Waals surface area contributed by atoms with Gasteiger partial charge < -0.3 is 4.74 Å². The molecule has 1 aliphatic heterocycles. The van der Waals surface area contributed by atoms with Gasteiger partial charge in [-0.05, 0) is 41.2 Å². The van der Waals surface area contributed by atoms with Crippen molar-refractivity contribution in [3.8, 4) is 0 Å². The molecular weight excluding hydrogens is 302 g/mol. The van der Waals surface area contributed by atoms with Crippen LogP contribution in [0, 0.1) is 0 Å². The van der Waals surface area contributed by atoms with Crippen molar-refractivity contribution in [2.45, 2.75) is 13.0 Å². The molecule has 5 heteroatoms. The fraction of sp³-hybridized carbons (Fsp3) is 0.333. The number of esters is 1. The summed E-state index contributed by atoms with van der Waals surface area (Å²) >= 11 is 5.15. The standard InChI is InChI=1S/C12H12BrNO2S/c1-7(6-17-2)14-11-10-8(12(15)16-11)4-3-5-9(10)13/h3-5,7H,6H2,1-2H3. The normalized spacial score (nSPS) is 18.1. The van der Waals surface area contributed by atoms with Crippen LogP contribution in [0.25, 0.3) is 0 Å². The van der Waals surface area contributed by atoms with E-state index in [9.17, 15) is 4.79 Å². The van der Waals surface area contributed by atoms with Crippen LogP contribution in [0.5, 0.6) is 0 Å². The summed E-state index contributed by atoms with van der Waals surface area (Å²) < 4.78 is 6.04. The smallest absolute Gasteiger partial charge is 0.345 e. The second-order valence-corrected chi connectivity index (χ2v) is 5.56. The molecule has 0 saturated heterocycles. The van der Waals surface area contributed by atoms with E-state index in [1.54, 1.807) is 17.8 Å². The van der Waals surface area contributed by atoms with Crippen molar-refractivity contribution in [2.75, 3.05) is 12.0 Å². The third-order valence-electron chi connectivity index (χ3n) is 2.38. The van der Waals surface area contributed by atoms with E-state index in [-0.39, 0.29) is 12.0 Å². The molecule has 0 aliphatic carbocycles. The van der Waals surface area contributed by atoms with Crippen LogP contribution in [0.4, 0.5) is 0 Å². The summed E-state index contributed by atoms with van der Waals surface area (Å²) in [5.74, 6) is 1.01. The number of carbonyl (C=O) groups excluding carboxylic acids is 1. The van der Waals surface area contributed by atoms with E-state index in [1.165, 1.54) is 0 Å². The highest BCUT2D eigenvalue weighted by molar-refractivity contribution is 9.10. The number of carbonyl (C=O) groups is 1. The van der Waals surface area contributed by atoms with Gasteiger partial charge in [0.05, 0.1) is 17.2 Å². The molecule has 1 heterocycles. The lowest BCUT2D eigenvalue weighted by molar-refractivity contribution is 0.0736. The molecule has 0 fully saturated rings. The molecule has 0 bridgehead atoms. The highest BCUT2D eigenvalue weighted by atomic mass is 79.9. The summed E-state index contributed by atoms with van der Waals surface area (Å²) in [5, 5.41) is 0. The van der Waals surface area contributed by atoms with Gasteiger partial charge in [0.1, 0.15) is 0 Å². The Bertz CT molecular complexity index is 487. The van der Waals surface area contributed by atoms with Crippen molar-refractivity contribution in [3.63, 3.8) is 0 Å². The van der Waals surface area contributed by atoms with Gasteiger partial charge in [-0.25, -0.2) is 9.79 Å². The third kappa shape index (κ3) is 2.55. The van der Waals surface area contributed by atoms with Crippen LogP contribution in [-0.2, 0) is 4.74 Å². The summed E-state index contributed by atoms with van der Waals surface area (Å²) in [6.07, 6.45) is 2.03. The number of thioether (sulfide) groups is 1. The lowest BCUT2D eigenvalue weighted by Gasteiger charge is -2.05. The van der Waals surface area contributed by atoms with Crippen LogP contribution in [-0.4, -0.2) is 29.9 Å². The minimum absolute atomic E-state index is 0.130. The highest BCUT2D eigenvalue weighted by Gasteiger charge is 2.30. The number of hydrogen-bond donors (Lipinski definition) is 0. The van der Waals surface area contributed by atoms with E-state index >= 15 is 0 Å². The van der Waals surface area contributed by atoms with Crippen LogP contribution in [0.1, 0.15) is 22.8 Å². The van der Waals surface area contributed by atoms with Crippen molar-refractivity contribution in [3.05, 3.63) is 33.8 Å². The van der Waals surface area contributed by atoms with Crippen molar-refractivity contribution < 1.29 is 9.53 Å². The fourth-order valence-corrected chi connectivity index (χ4v) is 2.77. The minimum atomic E-state index is -0.323. The quantitative estimate of drug-likeness (QED) is 0.805. The highest BCUT2D eigenvalue weighted by Crippen LogP contribution is 2.28. The average molecular weight is 314 g/mol. The molecule has 0 radical (unpaired) electrons. The molecule has 0 saturated carbocycles. The number of benzene rings is 1. The Labute approximate surface area is 113 Å². The van der Waals surface area contributed by atoms with E-state index in [1.807, 2.05) is 25.3 Å². The van der Waals surface area contributed by atoms with Crippen LogP contribution in [0.3, 0.4) is 0 Å². The molecule has 0 N–H and O–H groups in total. The SMILES string of the molecule is CSCC(C)N=C1OC(=O)c2cccc(Br)c21. The van der Waals surface area contributed by atoms with Gasteiger partial charge in [-0.2, -0.15) is 11.8 Å². The topological polar surface area (TPSA) is 38.7 Å². The first-order chi connectivity index (χ1) is 8.13. The second-order valence-electron chi connectivity index (χ2n) is 3.79. The molecule has 1 atom stereocenters. The van der Waals surface area contributed by atoms with E-state index in [4.69, 9.17) is 4.74 Å². The maximum atomic E-state index is 11.6. The molecule has 1 unspecified atom stereocenters. The zero-order chi connectivity index (χ0) is 12.4. The Kier molecular flexibility index (Phi) is 3.89. The van der Waals surface area contributed by atoms with Gasteiger partial charge in [0.2, 0.25) is 5.90 Å². The van der Waals surface area contributed by atoms with Crippen LogP contribution >= 0.6 is 27.7 Å². The monoisotopic (exact) mass is 313 g/mol. The van der Waals surface area contributed by atoms with Gasteiger partial charge in [0.25, 0.3) is 0 Å². The van der Waals surface area contributed by atoms with Crippen molar-refractivity contribution >= 4 is 39.6 Å². The van der Waals surface area contributed by atoms with Gasteiger partial charge >= 0.3 is 5.97 Å². The minimum Gasteiger partial charge on any atom is -0.403 e. The van der Waals surface area contributed by atoms with Gasteiger partial charge in [0, 0.05) is 10.2 Å². The molecule has 90 valence electrons. The van der Waals surface area contributed by atoms with Crippen LogP contribution in [0.2, 0.25) is 0 Å². The van der Waals surface area contributed by atoms with E-state index in [2.05, 4.69) is 20.9 Å². The molecule has 2 rings (SSSR count). The molecule has 0 spiro atoms. The molecule has 1 aromatic rings. The number of rotatable bonds is 3. The number of hydrogen-bond acceptors (Lipinski definition) is 4. The number of fused-ring (bicyclic) bond motifs is 1. The fourth-order valence-electron chi connectivity index (χ4n) is 1.67. The van der Waals surface area contributed by atoms with Crippen molar-refractivity contribution in [2.24, 2.45) is 4.99 Å². The predicted octanol–water partition coefficient (Wildman–Crippen LogP) is 3.12. The largest absolute Gasteiger partial charge is 0.403 e. The van der Waals surface area contributed by atoms with Crippen LogP contribution < -0.4 is 0 Å². The Morgan fingerprint density at radius 2 is 2.29 bits per heavy atom. The summed E-state index contributed by atoms with van der Waals surface area (Å²) in [6.45, 7) is 2.01. The predicted molar refractivity (Wildman–Crippen MR) is 73.9 cm³/mol. The van der Waals surface area contributed by atoms with Gasteiger partial charge in [0.15, 0.2) is 0 Å². The zero-order valence-corrected chi connectivity index (χ0v) is 12.0. The number of nitrogens with zero attached hydrogens (tertiary/aromatic N) is 1. The zero-order valence-electron chi connectivity index (χ0n) is 9.57. The Hall–Kier alpha value is -0.810. The summed E-state index contributed by atoms with van der Waals surface area (Å²) in [6, 6.07) is 5.59. The molecule has 0 aromatic heterocycles. The Morgan fingerprint density at radius 3 is 3.00 bits per heavy atom. The average Bonchev–Trinajstić information content (AvgIpc) is 2.57. The number of halogens is 1. The van der Waals surface area contributed by atoms with Crippen LogP contribution in [0.15, 0.2) is 27.7 Å². The van der Waals surface area contributed by atoms with Crippen molar-refractivity contribution in [1.29, 1.82) is 0 Å². The Morgan fingerprint density at radius 1 is 1.53 bits per heavy atom. The first-order valence-corrected chi connectivity index (χ1v) is 7.40. The maximum absolute atomic E-state index is 11.6. The lowest BCUT2D eigenvalue weighted by Crippen LogP contribution is -2.09. The van der Waals surface area contributed by atoms with E-state index < -0.39 is 0 Å². The van der Waals surface area contributed by atoms with E-state index in [0.717, 1.165) is 15.8 Å². The molecule has 17 heavy (non-hydrogen) atoms. The number of aliphatic imine (C=N–C) groups is 1.